The van der Waals surface area contributed by atoms with Crippen LogP contribution in [0.5, 0.6) is 0 Å². The Morgan fingerprint density at radius 3 is 2.79 bits per heavy atom. The number of aryl methyl sites for hydroxylation is 3. The van der Waals surface area contributed by atoms with E-state index in [1.54, 1.807) is 6.07 Å². The van der Waals surface area contributed by atoms with Gasteiger partial charge in [-0.25, -0.2) is 15.0 Å². The Labute approximate surface area is 141 Å². The number of thiophene rings is 1. The maximum absolute atomic E-state index is 12.2. The molecular formula is C15H16N6O2S. The fourth-order valence-electron chi connectivity index (χ4n) is 2.24. The largest absolute Gasteiger partial charge is 0.298 e. The van der Waals surface area contributed by atoms with Gasteiger partial charge in [0.05, 0.1) is 11.7 Å². The minimum absolute atomic E-state index is 0.134. The molecule has 0 atom stereocenters. The number of hydrazine groups is 1. The van der Waals surface area contributed by atoms with Gasteiger partial charge in [-0.1, -0.05) is 0 Å². The monoisotopic (exact) mass is 344 g/mol. The highest BCUT2D eigenvalue weighted by atomic mass is 32.1. The molecule has 2 N–H and O–H groups in total. The zero-order valence-corrected chi connectivity index (χ0v) is 14.1. The van der Waals surface area contributed by atoms with E-state index in [-0.39, 0.29) is 24.4 Å². The Hall–Kier alpha value is -2.81. The second kappa shape index (κ2) is 6.75. The van der Waals surface area contributed by atoms with Gasteiger partial charge in [-0.05, 0) is 31.4 Å². The average Bonchev–Trinajstić information content (AvgIpc) is 3.01. The van der Waals surface area contributed by atoms with Crippen molar-refractivity contribution in [3.63, 3.8) is 0 Å². The molecule has 0 fully saturated rings. The Morgan fingerprint density at radius 1 is 1.29 bits per heavy atom. The molecule has 1 amide bonds. The molecule has 0 saturated carbocycles. The summed E-state index contributed by atoms with van der Waals surface area (Å²) in [5, 5.41) is 2.40. The van der Waals surface area contributed by atoms with Crippen LogP contribution in [0.25, 0.3) is 10.2 Å². The third-order valence-electron chi connectivity index (χ3n) is 3.33. The third-order valence-corrected chi connectivity index (χ3v) is 4.15. The van der Waals surface area contributed by atoms with E-state index in [2.05, 4.69) is 25.8 Å². The number of amides is 1. The minimum atomic E-state index is -0.268. The minimum Gasteiger partial charge on any atom is -0.298 e. The van der Waals surface area contributed by atoms with Crippen LogP contribution in [0.4, 0.5) is 5.95 Å². The molecule has 0 bridgehead atoms. The molecule has 3 rings (SSSR count). The van der Waals surface area contributed by atoms with Crippen molar-refractivity contribution in [3.8, 4) is 0 Å². The smallest absolute Gasteiger partial charge is 0.262 e. The molecule has 9 heteroatoms. The fourth-order valence-corrected chi connectivity index (χ4v) is 2.97. The molecule has 24 heavy (non-hydrogen) atoms. The number of rotatable bonds is 5. The van der Waals surface area contributed by atoms with E-state index in [0.717, 1.165) is 11.4 Å². The number of nitrogens with one attached hydrogen (secondary N) is 2. The van der Waals surface area contributed by atoms with Crippen LogP contribution in [-0.2, 0) is 11.3 Å². The summed E-state index contributed by atoms with van der Waals surface area (Å²) in [5.41, 5.74) is 6.68. The Bertz CT molecular complexity index is 928. The quantitative estimate of drug-likeness (QED) is 0.678. The van der Waals surface area contributed by atoms with E-state index in [0.29, 0.717) is 16.2 Å². The maximum atomic E-state index is 12.2. The second-order valence-electron chi connectivity index (χ2n) is 5.28. The predicted octanol–water partition coefficient (Wildman–Crippen LogP) is 1.40. The highest BCUT2D eigenvalue weighted by Crippen LogP contribution is 2.13. The van der Waals surface area contributed by atoms with Gasteiger partial charge in [0.1, 0.15) is 4.83 Å². The summed E-state index contributed by atoms with van der Waals surface area (Å²) in [7, 11) is 0. The van der Waals surface area contributed by atoms with Crippen molar-refractivity contribution in [3.05, 3.63) is 45.6 Å². The molecule has 0 spiro atoms. The number of aromatic nitrogens is 4. The molecule has 0 aliphatic heterocycles. The Morgan fingerprint density at radius 2 is 2.04 bits per heavy atom. The van der Waals surface area contributed by atoms with Crippen molar-refractivity contribution in [2.45, 2.75) is 26.8 Å². The van der Waals surface area contributed by atoms with Gasteiger partial charge in [0.25, 0.3) is 5.56 Å². The number of hydrogen-bond acceptors (Lipinski definition) is 7. The fraction of sp³-hybridized carbons (Fsp3) is 0.267. The van der Waals surface area contributed by atoms with Crippen LogP contribution < -0.4 is 16.4 Å². The first kappa shape index (κ1) is 16.1. The van der Waals surface area contributed by atoms with Gasteiger partial charge in [-0.2, -0.15) is 0 Å². The molecule has 0 radical (unpaired) electrons. The molecule has 0 aliphatic carbocycles. The topological polar surface area (TPSA) is 102 Å². The summed E-state index contributed by atoms with van der Waals surface area (Å²) < 4.78 is 1.43. The summed E-state index contributed by atoms with van der Waals surface area (Å²) in [6.07, 6.45) is 1.60. The molecule has 0 unspecified atom stereocenters. The average molecular weight is 344 g/mol. The molecule has 124 valence electrons. The van der Waals surface area contributed by atoms with E-state index in [1.165, 1.54) is 22.2 Å². The van der Waals surface area contributed by atoms with Gasteiger partial charge >= 0.3 is 0 Å². The van der Waals surface area contributed by atoms with Crippen molar-refractivity contribution in [2.75, 3.05) is 5.43 Å². The molecule has 3 aromatic rings. The van der Waals surface area contributed by atoms with Crippen LogP contribution in [0.15, 0.2) is 28.6 Å². The number of fused-ring (bicyclic) bond motifs is 1. The molecule has 0 aliphatic rings. The molecule has 0 saturated heterocycles. The lowest BCUT2D eigenvalue weighted by Crippen LogP contribution is -2.32. The van der Waals surface area contributed by atoms with Gasteiger partial charge in [-0.3, -0.25) is 25.0 Å². The molecule has 8 nitrogen and oxygen atoms in total. The summed E-state index contributed by atoms with van der Waals surface area (Å²) in [6, 6.07) is 3.58. The zero-order chi connectivity index (χ0) is 17.1. The van der Waals surface area contributed by atoms with Gasteiger partial charge in [0.2, 0.25) is 11.9 Å². The lowest BCUT2D eigenvalue weighted by molar-refractivity contribution is -0.120. The van der Waals surface area contributed by atoms with Crippen molar-refractivity contribution in [2.24, 2.45) is 0 Å². The normalized spacial score (nSPS) is 10.8. The molecule has 3 heterocycles. The van der Waals surface area contributed by atoms with Crippen LogP contribution in [0.1, 0.15) is 17.8 Å². The first-order valence-electron chi connectivity index (χ1n) is 7.33. The van der Waals surface area contributed by atoms with Crippen LogP contribution in [0, 0.1) is 13.8 Å². The van der Waals surface area contributed by atoms with Crippen LogP contribution >= 0.6 is 11.3 Å². The zero-order valence-electron chi connectivity index (χ0n) is 13.2. The van der Waals surface area contributed by atoms with Gasteiger partial charge in [0, 0.05) is 24.4 Å². The second-order valence-corrected chi connectivity index (χ2v) is 6.17. The lowest BCUT2D eigenvalue weighted by Gasteiger charge is -2.09. The number of carbonyl (C=O) groups excluding carboxylic acids is 1. The van der Waals surface area contributed by atoms with Gasteiger partial charge in [0.15, 0.2) is 0 Å². The van der Waals surface area contributed by atoms with E-state index in [1.807, 2.05) is 25.3 Å². The predicted molar refractivity (Wildman–Crippen MR) is 91.8 cm³/mol. The first-order valence-corrected chi connectivity index (χ1v) is 8.20. The highest BCUT2D eigenvalue weighted by molar-refractivity contribution is 7.16. The summed E-state index contributed by atoms with van der Waals surface area (Å²) in [6.45, 7) is 3.95. The first-order chi connectivity index (χ1) is 11.5. The van der Waals surface area contributed by atoms with E-state index in [4.69, 9.17) is 0 Å². The number of carbonyl (C=O) groups is 1. The maximum Gasteiger partial charge on any atom is 0.262 e. The van der Waals surface area contributed by atoms with E-state index in [9.17, 15) is 9.59 Å². The van der Waals surface area contributed by atoms with Crippen molar-refractivity contribution < 1.29 is 4.79 Å². The van der Waals surface area contributed by atoms with Gasteiger partial charge in [-0.15, -0.1) is 11.3 Å². The van der Waals surface area contributed by atoms with Crippen LogP contribution in [-0.4, -0.2) is 25.4 Å². The number of nitrogens with zero attached hydrogens (tertiary/aromatic N) is 4. The lowest BCUT2D eigenvalue weighted by atomic mass is 10.3. The molecular weight excluding hydrogens is 328 g/mol. The van der Waals surface area contributed by atoms with Crippen LogP contribution in [0.3, 0.4) is 0 Å². The summed E-state index contributed by atoms with van der Waals surface area (Å²) in [4.78, 5) is 37.4. The van der Waals surface area contributed by atoms with Crippen LogP contribution in [0.2, 0.25) is 0 Å². The van der Waals surface area contributed by atoms with E-state index >= 15 is 0 Å². The Balaban J connectivity index is 1.58. The SMILES string of the molecule is Cc1cc(C)nc(NNC(=O)CCn2cnc3sccc3c2=O)n1. The summed E-state index contributed by atoms with van der Waals surface area (Å²) in [5.74, 6) is 0.0643. The standard InChI is InChI=1S/C15H16N6O2S/c1-9-7-10(2)18-15(17-9)20-19-12(22)3-5-21-8-16-13-11(14(21)23)4-6-24-13/h4,6-8H,3,5H2,1-2H3,(H,19,22)(H,17,18,20). The Kier molecular flexibility index (Phi) is 4.52. The third kappa shape index (κ3) is 3.57. The number of anilines is 1. The number of hydrogen-bond donors (Lipinski definition) is 2. The highest BCUT2D eigenvalue weighted by Gasteiger charge is 2.08. The van der Waals surface area contributed by atoms with Gasteiger partial charge < -0.3 is 0 Å². The van der Waals surface area contributed by atoms with Crippen molar-refractivity contribution in [1.82, 2.24) is 24.9 Å². The molecule has 3 aromatic heterocycles. The summed E-state index contributed by atoms with van der Waals surface area (Å²) >= 11 is 1.41. The molecule has 0 aromatic carbocycles. The van der Waals surface area contributed by atoms with E-state index < -0.39 is 0 Å². The van der Waals surface area contributed by atoms with Crippen molar-refractivity contribution in [1.29, 1.82) is 0 Å². The van der Waals surface area contributed by atoms with Crippen molar-refractivity contribution >= 4 is 33.4 Å².